The molecular weight excluding hydrogens is 320 g/mol. The largest absolute Gasteiger partial charge is 0.460 e. The van der Waals surface area contributed by atoms with E-state index in [1.807, 2.05) is 55.8 Å². The third-order valence-electron chi connectivity index (χ3n) is 3.77. The van der Waals surface area contributed by atoms with Gasteiger partial charge in [0.2, 0.25) is 0 Å². The molecule has 1 unspecified atom stereocenters. The summed E-state index contributed by atoms with van der Waals surface area (Å²) in [5, 5.41) is 4.37. The first-order chi connectivity index (χ1) is 11.5. The Morgan fingerprint density at radius 1 is 1.29 bits per heavy atom. The summed E-state index contributed by atoms with van der Waals surface area (Å²) in [7, 11) is 0. The van der Waals surface area contributed by atoms with Crippen LogP contribution < -0.4 is 0 Å². The summed E-state index contributed by atoms with van der Waals surface area (Å²) in [6.45, 7) is 8.40. The molecule has 2 aromatic rings. The Hall–Kier alpha value is -1.75. The predicted molar refractivity (Wildman–Crippen MR) is 99.7 cm³/mol. The number of nitrogens with zero attached hydrogens (tertiary/aromatic N) is 2. The number of carbonyl (C=O) groups is 1. The second-order valence-electron chi connectivity index (χ2n) is 5.98. The van der Waals surface area contributed by atoms with Crippen LogP contribution in [0.4, 0.5) is 0 Å². The normalized spacial score (nSPS) is 12.2. The molecule has 0 fully saturated rings. The molecule has 5 heteroatoms. The average molecular weight is 346 g/mol. The van der Waals surface area contributed by atoms with Gasteiger partial charge in [-0.05, 0) is 56.7 Å². The van der Waals surface area contributed by atoms with Gasteiger partial charge in [0.15, 0.2) is 0 Å². The number of hydrogen-bond donors (Lipinski definition) is 0. The molecule has 0 saturated carbocycles. The third-order valence-corrected chi connectivity index (χ3v) is 4.99. The van der Waals surface area contributed by atoms with Crippen LogP contribution in [0.15, 0.2) is 30.3 Å². The second kappa shape index (κ2) is 8.92. The van der Waals surface area contributed by atoms with Gasteiger partial charge in [0, 0.05) is 5.69 Å². The Bertz CT molecular complexity index is 665. The Balaban J connectivity index is 1.88. The van der Waals surface area contributed by atoms with Crippen molar-refractivity contribution in [3.63, 3.8) is 0 Å². The summed E-state index contributed by atoms with van der Waals surface area (Å²) in [4.78, 5) is 12.0. The van der Waals surface area contributed by atoms with Crippen molar-refractivity contribution in [2.45, 2.75) is 52.4 Å². The maximum Gasteiger partial charge on any atom is 0.319 e. The van der Waals surface area contributed by atoms with Crippen molar-refractivity contribution in [3.8, 4) is 5.69 Å². The van der Waals surface area contributed by atoms with Gasteiger partial charge in [-0.2, -0.15) is 5.10 Å². The van der Waals surface area contributed by atoms with E-state index in [9.17, 15) is 4.79 Å². The van der Waals surface area contributed by atoms with Gasteiger partial charge >= 0.3 is 5.97 Å². The standard InChI is InChI=1S/C19H26N2O2S/c1-5-6-11-24-16(4)19(22)23-13-17-7-9-18(10-8-17)21-15(3)12-14(2)20-21/h7-10,12,16H,5-6,11,13H2,1-4H3. The maximum atomic E-state index is 12.0. The lowest BCUT2D eigenvalue weighted by Gasteiger charge is -2.11. The van der Waals surface area contributed by atoms with E-state index in [-0.39, 0.29) is 11.2 Å². The lowest BCUT2D eigenvalue weighted by molar-refractivity contribution is -0.143. The van der Waals surface area contributed by atoms with Crippen LogP contribution in [0.3, 0.4) is 0 Å². The Morgan fingerprint density at radius 3 is 2.58 bits per heavy atom. The molecule has 0 aliphatic rings. The quantitative estimate of drug-likeness (QED) is 0.523. The van der Waals surface area contributed by atoms with Crippen molar-refractivity contribution in [2.24, 2.45) is 0 Å². The first kappa shape index (κ1) is 18.6. The van der Waals surface area contributed by atoms with Crippen LogP contribution in [0, 0.1) is 13.8 Å². The zero-order chi connectivity index (χ0) is 17.5. The van der Waals surface area contributed by atoms with Gasteiger partial charge in [-0.25, -0.2) is 4.68 Å². The van der Waals surface area contributed by atoms with E-state index in [0.29, 0.717) is 6.61 Å². The fourth-order valence-electron chi connectivity index (χ4n) is 2.37. The number of unbranched alkanes of at least 4 members (excludes halogenated alkanes) is 1. The third kappa shape index (κ3) is 5.13. The number of aryl methyl sites for hydroxylation is 2. The van der Waals surface area contributed by atoms with Gasteiger partial charge < -0.3 is 4.74 Å². The van der Waals surface area contributed by atoms with Crippen LogP contribution in [0.25, 0.3) is 5.69 Å². The Morgan fingerprint density at radius 2 is 2.00 bits per heavy atom. The van der Waals surface area contributed by atoms with E-state index < -0.39 is 0 Å². The molecule has 1 aromatic carbocycles. The SMILES string of the molecule is CCCCSC(C)C(=O)OCc1ccc(-n2nc(C)cc2C)cc1. The highest BCUT2D eigenvalue weighted by Crippen LogP contribution is 2.16. The number of hydrogen-bond acceptors (Lipinski definition) is 4. The minimum atomic E-state index is -0.140. The van der Waals surface area contributed by atoms with Crippen molar-refractivity contribution in [1.82, 2.24) is 9.78 Å². The van der Waals surface area contributed by atoms with Crippen molar-refractivity contribution >= 4 is 17.7 Å². The van der Waals surface area contributed by atoms with E-state index in [2.05, 4.69) is 12.0 Å². The monoisotopic (exact) mass is 346 g/mol. The molecular formula is C19H26N2O2S. The van der Waals surface area contributed by atoms with Crippen molar-refractivity contribution < 1.29 is 9.53 Å². The molecule has 1 heterocycles. The van der Waals surface area contributed by atoms with Gasteiger partial charge in [-0.15, -0.1) is 11.8 Å². The van der Waals surface area contributed by atoms with E-state index in [4.69, 9.17) is 4.74 Å². The maximum absolute atomic E-state index is 12.0. The minimum Gasteiger partial charge on any atom is -0.460 e. The summed E-state index contributed by atoms with van der Waals surface area (Å²) in [6.07, 6.45) is 2.28. The van der Waals surface area contributed by atoms with Gasteiger partial charge in [-0.1, -0.05) is 25.5 Å². The first-order valence-corrected chi connectivity index (χ1v) is 9.47. The molecule has 0 saturated heterocycles. The lowest BCUT2D eigenvalue weighted by atomic mass is 10.2. The van der Waals surface area contributed by atoms with Crippen molar-refractivity contribution in [2.75, 3.05) is 5.75 Å². The van der Waals surface area contributed by atoms with E-state index in [1.165, 1.54) is 0 Å². The van der Waals surface area contributed by atoms with Gasteiger partial charge in [-0.3, -0.25) is 4.79 Å². The minimum absolute atomic E-state index is 0.106. The second-order valence-corrected chi connectivity index (χ2v) is 7.43. The Labute approximate surface area is 148 Å². The molecule has 0 N–H and O–H groups in total. The molecule has 130 valence electrons. The average Bonchev–Trinajstić information content (AvgIpc) is 2.91. The van der Waals surface area contributed by atoms with Gasteiger partial charge in [0.05, 0.1) is 16.6 Å². The van der Waals surface area contributed by atoms with Crippen molar-refractivity contribution in [3.05, 3.63) is 47.3 Å². The smallest absolute Gasteiger partial charge is 0.319 e. The molecule has 0 amide bonds. The van der Waals surface area contributed by atoms with E-state index in [1.54, 1.807) is 11.8 Å². The molecule has 0 spiro atoms. The number of esters is 1. The van der Waals surface area contributed by atoms with Gasteiger partial charge in [0.1, 0.15) is 6.61 Å². The van der Waals surface area contributed by atoms with E-state index in [0.717, 1.165) is 41.2 Å². The van der Waals surface area contributed by atoms with Crippen LogP contribution >= 0.6 is 11.8 Å². The topological polar surface area (TPSA) is 44.1 Å². The summed E-state index contributed by atoms with van der Waals surface area (Å²) in [5.74, 6) is 0.864. The first-order valence-electron chi connectivity index (χ1n) is 8.42. The summed E-state index contributed by atoms with van der Waals surface area (Å²) in [5.41, 5.74) is 4.10. The molecule has 0 aliphatic carbocycles. The number of ether oxygens (including phenoxy) is 1. The number of thioether (sulfide) groups is 1. The number of benzene rings is 1. The highest BCUT2D eigenvalue weighted by Gasteiger charge is 2.14. The predicted octanol–water partition coefficient (Wildman–Crippen LogP) is 4.45. The van der Waals surface area contributed by atoms with Crippen LogP contribution in [0.1, 0.15) is 43.6 Å². The lowest BCUT2D eigenvalue weighted by Crippen LogP contribution is -2.17. The Kier molecular flexibility index (Phi) is 6.91. The van der Waals surface area contributed by atoms with Crippen LogP contribution in [-0.2, 0) is 16.1 Å². The molecule has 2 rings (SSSR count). The molecule has 0 aliphatic heterocycles. The zero-order valence-electron chi connectivity index (χ0n) is 14.9. The molecule has 24 heavy (non-hydrogen) atoms. The highest BCUT2D eigenvalue weighted by molar-refractivity contribution is 8.00. The highest BCUT2D eigenvalue weighted by atomic mass is 32.2. The van der Waals surface area contributed by atoms with E-state index >= 15 is 0 Å². The summed E-state index contributed by atoms with van der Waals surface area (Å²) in [6, 6.07) is 10.0. The number of aromatic nitrogens is 2. The molecule has 0 bridgehead atoms. The fraction of sp³-hybridized carbons (Fsp3) is 0.474. The fourth-order valence-corrected chi connectivity index (χ4v) is 3.38. The zero-order valence-corrected chi connectivity index (χ0v) is 15.7. The summed E-state index contributed by atoms with van der Waals surface area (Å²) < 4.78 is 7.33. The summed E-state index contributed by atoms with van der Waals surface area (Å²) >= 11 is 1.66. The molecule has 1 aromatic heterocycles. The van der Waals surface area contributed by atoms with Crippen LogP contribution in [0.2, 0.25) is 0 Å². The number of rotatable bonds is 8. The van der Waals surface area contributed by atoms with Crippen LogP contribution in [0.5, 0.6) is 0 Å². The molecule has 4 nitrogen and oxygen atoms in total. The van der Waals surface area contributed by atoms with Crippen molar-refractivity contribution in [1.29, 1.82) is 0 Å². The van der Waals surface area contributed by atoms with Gasteiger partial charge in [0.25, 0.3) is 0 Å². The van der Waals surface area contributed by atoms with Crippen LogP contribution in [-0.4, -0.2) is 26.8 Å². The number of carbonyl (C=O) groups excluding carboxylic acids is 1. The molecule has 0 radical (unpaired) electrons. The molecule has 1 atom stereocenters.